The molecule has 2 fully saturated rings. The van der Waals surface area contributed by atoms with Gasteiger partial charge in [-0.15, -0.1) is 0 Å². The Balaban J connectivity index is 1.94. The van der Waals surface area contributed by atoms with Crippen LogP contribution in [-0.4, -0.2) is 25.7 Å². The van der Waals surface area contributed by atoms with Gasteiger partial charge in [0.2, 0.25) is 0 Å². The van der Waals surface area contributed by atoms with E-state index < -0.39 is 0 Å². The monoisotopic (exact) mass is 239 g/mol. The normalized spacial score (nSPS) is 38.4. The number of ether oxygens (including phenoxy) is 1. The van der Waals surface area contributed by atoms with E-state index in [2.05, 4.69) is 30.8 Å². The van der Waals surface area contributed by atoms with E-state index in [0.29, 0.717) is 23.3 Å². The highest BCUT2D eigenvalue weighted by Gasteiger charge is 2.58. The summed E-state index contributed by atoms with van der Waals surface area (Å²) >= 11 is 0. The van der Waals surface area contributed by atoms with Crippen LogP contribution in [0.4, 0.5) is 0 Å². The van der Waals surface area contributed by atoms with Gasteiger partial charge in [0, 0.05) is 12.6 Å². The first-order valence-electron chi connectivity index (χ1n) is 6.70. The lowest BCUT2D eigenvalue weighted by molar-refractivity contribution is -0.140. The van der Waals surface area contributed by atoms with E-state index in [1.807, 2.05) is 0 Å². The fraction of sp³-hybridized carbons (Fsp3) is 0.929. The summed E-state index contributed by atoms with van der Waals surface area (Å²) in [5, 5.41) is 3.61. The molecule has 98 valence electrons. The molecule has 2 rings (SSSR count). The first-order chi connectivity index (χ1) is 7.90. The van der Waals surface area contributed by atoms with Gasteiger partial charge in [0.15, 0.2) is 0 Å². The van der Waals surface area contributed by atoms with Crippen molar-refractivity contribution >= 4 is 5.97 Å². The molecule has 1 unspecified atom stereocenters. The second kappa shape index (κ2) is 4.27. The van der Waals surface area contributed by atoms with Gasteiger partial charge in [0.25, 0.3) is 0 Å². The summed E-state index contributed by atoms with van der Waals surface area (Å²) in [6, 6.07) is 0.540. The predicted octanol–water partition coefficient (Wildman–Crippen LogP) is 2.35. The van der Waals surface area contributed by atoms with Gasteiger partial charge in [-0.3, -0.25) is 4.79 Å². The van der Waals surface area contributed by atoms with Crippen molar-refractivity contribution in [2.24, 2.45) is 16.7 Å². The second-order valence-electron chi connectivity index (χ2n) is 6.63. The lowest BCUT2D eigenvalue weighted by Crippen LogP contribution is -2.50. The molecule has 3 atom stereocenters. The van der Waals surface area contributed by atoms with Gasteiger partial charge in [0.1, 0.15) is 0 Å². The van der Waals surface area contributed by atoms with Crippen molar-refractivity contribution in [3.63, 3.8) is 0 Å². The van der Waals surface area contributed by atoms with Gasteiger partial charge in [-0.05, 0) is 36.0 Å². The number of fused-ring (bicyclic) bond motifs is 2. The van der Waals surface area contributed by atoms with E-state index >= 15 is 0 Å². The summed E-state index contributed by atoms with van der Waals surface area (Å²) in [5.74, 6) is 0.728. The first kappa shape index (κ1) is 12.9. The molecule has 0 aliphatic heterocycles. The van der Waals surface area contributed by atoms with Crippen LogP contribution < -0.4 is 5.32 Å². The standard InChI is InChI=1S/C14H25NO2/c1-13(2)10-5-7-14(3,9-10)12(13)15-8-6-11(16)17-4/h10,12,15H,5-9H2,1-4H3/t10?,12-,14+/m1/s1. The molecule has 0 radical (unpaired) electrons. The molecule has 3 nitrogen and oxygen atoms in total. The van der Waals surface area contributed by atoms with Crippen LogP contribution in [-0.2, 0) is 9.53 Å². The number of hydrogen-bond donors (Lipinski definition) is 1. The quantitative estimate of drug-likeness (QED) is 0.765. The van der Waals surface area contributed by atoms with Crippen molar-refractivity contribution < 1.29 is 9.53 Å². The fourth-order valence-electron chi connectivity index (χ4n) is 4.23. The van der Waals surface area contributed by atoms with Gasteiger partial charge < -0.3 is 10.1 Å². The van der Waals surface area contributed by atoms with Crippen molar-refractivity contribution in [2.75, 3.05) is 13.7 Å². The van der Waals surface area contributed by atoms with Crippen LogP contribution in [0.3, 0.4) is 0 Å². The van der Waals surface area contributed by atoms with Gasteiger partial charge in [-0.2, -0.15) is 0 Å². The third-order valence-electron chi connectivity index (χ3n) is 5.18. The number of esters is 1. The van der Waals surface area contributed by atoms with Crippen molar-refractivity contribution in [2.45, 2.75) is 52.5 Å². The largest absolute Gasteiger partial charge is 0.469 e. The summed E-state index contributed by atoms with van der Waals surface area (Å²) in [6.07, 6.45) is 4.52. The maximum Gasteiger partial charge on any atom is 0.306 e. The van der Waals surface area contributed by atoms with E-state index in [4.69, 9.17) is 0 Å². The molecule has 17 heavy (non-hydrogen) atoms. The Morgan fingerprint density at radius 3 is 2.65 bits per heavy atom. The molecule has 0 aromatic heterocycles. The van der Waals surface area contributed by atoms with Gasteiger partial charge in [-0.25, -0.2) is 0 Å². The summed E-state index contributed by atoms with van der Waals surface area (Å²) in [5.41, 5.74) is 0.799. The maximum atomic E-state index is 11.1. The Kier molecular flexibility index (Phi) is 3.23. The van der Waals surface area contributed by atoms with Crippen molar-refractivity contribution in [1.82, 2.24) is 5.32 Å². The van der Waals surface area contributed by atoms with Gasteiger partial charge in [0.05, 0.1) is 13.5 Å². The molecule has 0 heterocycles. The molecule has 0 aromatic rings. The Morgan fingerprint density at radius 2 is 2.12 bits per heavy atom. The Bertz CT molecular complexity index is 309. The van der Waals surface area contributed by atoms with Gasteiger partial charge >= 0.3 is 5.97 Å². The lowest BCUT2D eigenvalue weighted by Gasteiger charge is -2.43. The summed E-state index contributed by atoms with van der Waals surface area (Å²) in [6.45, 7) is 7.89. The first-order valence-corrected chi connectivity index (χ1v) is 6.70. The Labute approximate surface area is 104 Å². The summed E-state index contributed by atoms with van der Waals surface area (Å²) in [7, 11) is 1.45. The second-order valence-corrected chi connectivity index (χ2v) is 6.63. The topological polar surface area (TPSA) is 38.3 Å². The van der Waals surface area contributed by atoms with E-state index in [1.54, 1.807) is 0 Å². The third-order valence-corrected chi connectivity index (χ3v) is 5.18. The Morgan fingerprint density at radius 1 is 1.41 bits per heavy atom. The van der Waals surface area contributed by atoms with E-state index in [1.165, 1.54) is 26.4 Å². The number of rotatable bonds is 4. The van der Waals surface area contributed by atoms with Crippen LogP contribution in [0.2, 0.25) is 0 Å². The molecule has 0 spiro atoms. The number of carbonyl (C=O) groups is 1. The average Bonchev–Trinajstić information content (AvgIpc) is 2.73. The zero-order chi connectivity index (χ0) is 12.7. The molecular formula is C14H25NO2. The molecule has 2 saturated carbocycles. The molecule has 0 saturated heterocycles. The molecule has 2 aliphatic rings. The minimum Gasteiger partial charge on any atom is -0.469 e. The smallest absolute Gasteiger partial charge is 0.306 e. The SMILES string of the molecule is COC(=O)CCN[C@@H]1C(C)(C)C2CC[C@@]1(C)C2. The van der Waals surface area contributed by atoms with Crippen LogP contribution >= 0.6 is 0 Å². The highest BCUT2D eigenvalue weighted by molar-refractivity contribution is 5.69. The lowest BCUT2D eigenvalue weighted by atomic mass is 9.68. The third kappa shape index (κ3) is 2.10. The van der Waals surface area contributed by atoms with E-state index in [-0.39, 0.29) is 5.97 Å². The van der Waals surface area contributed by atoms with Crippen LogP contribution in [0.1, 0.15) is 46.5 Å². The molecular weight excluding hydrogens is 214 g/mol. The van der Waals surface area contributed by atoms with Crippen LogP contribution in [0, 0.1) is 16.7 Å². The maximum absolute atomic E-state index is 11.1. The molecule has 0 amide bonds. The number of carbonyl (C=O) groups excluding carboxylic acids is 1. The minimum atomic E-state index is -0.122. The fourth-order valence-corrected chi connectivity index (χ4v) is 4.23. The number of hydrogen-bond acceptors (Lipinski definition) is 3. The van der Waals surface area contributed by atoms with Crippen LogP contribution in [0.15, 0.2) is 0 Å². The van der Waals surface area contributed by atoms with Crippen LogP contribution in [0.25, 0.3) is 0 Å². The molecule has 1 N–H and O–H groups in total. The molecule has 2 bridgehead atoms. The van der Waals surface area contributed by atoms with Crippen molar-refractivity contribution in [1.29, 1.82) is 0 Å². The molecule has 0 aromatic carbocycles. The highest BCUT2D eigenvalue weighted by atomic mass is 16.5. The number of nitrogens with one attached hydrogen (secondary N) is 1. The summed E-state index contributed by atoms with van der Waals surface area (Å²) in [4.78, 5) is 11.1. The minimum absolute atomic E-state index is 0.122. The zero-order valence-corrected chi connectivity index (χ0v) is 11.5. The molecule has 3 heteroatoms. The van der Waals surface area contributed by atoms with Gasteiger partial charge in [-0.1, -0.05) is 20.8 Å². The van der Waals surface area contributed by atoms with Crippen molar-refractivity contribution in [3.8, 4) is 0 Å². The molecule has 2 aliphatic carbocycles. The van der Waals surface area contributed by atoms with E-state index in [0.717, 1.165) is 12.5 Å². The average molecular weight is 239 g/mol. The number of methoxy groups -OCH3 is 1. The zero-order valence-electron chi connectivity index (χ0n) is 11.5. The highest BCUT2D eigenvalue weighted by Crippen LogP contribution is 2.62. The van der Waals surface area contributed by atoms with E-state index in [9.17, 15) is 4.79 Å². The predicted molar refractivity (Wildman–Crippen MR) is 67.7 cm³/mol. The van der Waals surface area contributed by atoms with Crippen molar-refractivity contribution in [3.05, 3.63) is 0 Å². The summed E-state index contributed by atoms with van der Waals surface area (Å²) < 4.78 is 4.68. The Hall–Kier alpha value is -0.570. The van der Waals surface area contributed by atoms with Crippen LogP contribution in [0.5, 0.6) is 0 Å².